The van der Waals surface area contributed by atoms with Crippen LogP contribution in [0.2, 0.25) is 0 Å². The minimum Gasteiger partial charge on any atom is -0.357 e. The molecule has 1 aliphatic carbocycles. The molecule has 0 radical (unpaired) electrons. The first kappa shape index (κ1) is 15.0. The summed E-state index contributed by atoms with van der Waals surface area (Å²) in [5.41, 5.74) is 3.64. The molecule has 24 heavy (non-hydrogen) atoms. The number of hydrogen-bond acceptors (Lipinski definition) is 2. The number of aromatic nitrogens is 3. The molecule has 3 heterocycles. The van der Waals surface area contributed by atoms with Gasteiger partial charge in [-0.1, -0.05) is 6.92 Å². The molecule has 1 saturated carbocycles. The van der Waals surface area contributed by atoms with Crippen LogP contribution in [0.4, 0.5) is 0 Å². The van der Waals surface area contributed by atoms with Crippen molar-refractivity contribution in [3.05, 3.63) is 42.5 Å². The van der Waals surface area contributed by atoms with E-state index in [1.165, 1.54) is 12.8 Å². The lowest BCUT2D eigenvalue weighted by Gasteiger charge is -2.21. The number of amides is 1. The molecule has 0 saturated heterocycles. The number of aromatic amines is 2. The SMILES string of the molecule is CCCN(CC1CC1)C(=O)c1cc(-c2ccnc3[nH]ccc23)c[nH]1.[HH].[HH]. The maximum atomic E-state index is 12.8. The number of carbonyl (C=O) groups is 1. The molecule has 0 bridgehead atoms. The lowest BCUT2D eigenvalue weighted by atomic mass is 10.1. The number of carbonyl (C=O) groups excluding carboxylic acids is 1. The zero-order valence-corrected chi connectivity index (χ0v) is 13.9. The second kappa shape index (κ2) is 6.15. The van der Waals surface area contributed by atoms with E-state index in [1.807, 2.05) is 35.5 Å². The van der Waals surface area contributed by atoms with Crippen molar-refractivity contribution in [2.75, 3.05) is 13.1 Å². The summed E-state index contributed by atoms with van der Waals surface area (Å²) in [6, 6.07) is 5.96. The van der Waals surface area contributed by atoms with Crippen molar-refractivity contribution in [1.82, 2.24) is 19.9 Å². The number of pyridine rings is 1. The fourth-order valence-electron chi connectivity index (χ4n) is 3.21. The fraction of sp³-hybridized carbons (Fsp3) is 0.368. The average Bonchev–Trinajstić information content (AvgIpc) is 3.10. The van der Waals surface area contributed by atoms with E-state index >= 15 is 0 Å². The summed E-state index contributed by atoms with van der Waals surface area (Å²) < 4.78 is 0. The van der Waals surface area contributed by atoms with Gasteiger partial charge in [-0.3, -0.25) is 4.79 Å². The molecular weight excluding hydrogens is 300 g/mol. The number of H-pyrrole nitrogens is 2. The molecule has 0 unspecified atom stereocenters. The molecule has 2 N–H and O–H groups in total. The molecule has 3 aromatic heterocycles. The highest BCUT2D eigenvalue weighted by atomic mass is 16.2. The molecule has 5 heteroatoms. The maximum Gasteiger partial charge on any atom is 0.270 e. The van der Waals surface area contributed by atoms with Crippen LogP contribution < -0.4 is 0 Å². The molecule has 5 nitrogen and oxygen atoms in total. The minimum atomic E-state index is 0. The molecule has 0 aliphatic heterocycles. The Balaban J connectivity index is 0.00000121. The maximum absolute atomic E-state index is 12.8. The van der Waals surface area contributed by atoms with Crippen LogP contribution in [-0.4, -0.2) is 38.8 Å². The summed E-state index contributed by atoms with van der Waals surface area (Å²) in [6.45, 7) is 3.83. The Morgan fingerprint density at radius 1 is 1.38 bits per heavy atom. The van der Waals surface area contributed by atoms with Crippen LogP contribution in [-0.2, 0) is 0 Å². The highest BCUT2D eigenvalue weighted by Crippen LogP contribution is 2.31. The molecule has 1 amide bonds. The molecular formula is C19H26N4O. The zero-order chi connectivity index (χ0) is 16.5. The number of rotatable bonds is 6. The van der Waals surface area contributed by atoms with E-state index < -0.39 is 0 Å². The van der Waals surface area contributed by atoms with Gasteiger partial charge in [0.15, 0.2) is 0 Å². The first-order chi connectivity index (χ1) is 11.8. The van der Waals surface area contributed by atoms with Gasteiger partial charge < -0.3 is 14.9 Å². The fourth-order valence-corrected chi connectivity index (χ4v) is 3.21. The third-order valence-electron chi connectivity index (χ3n) is 4.64. The second-order valence-corrected chi connectivity index (χ2v) is 6.60. The van der Waals surface area contributed by atoms with Crippen molar-refractivity contribution in [3.63, 3.8) is 0 Å². The molecule has 0 aromatic carbocycles. The van der Waals surface area contributed by atoms with Crippen molar-refractivity contribution in [2.45, 2.75) is 26.2 Å². The normalized spacial score (nSPS) is 14.2. The van der Waals surface area contributed by atoms with Crippen LogP contribution in [0.25, 0.3) is 22.2 Å². The minimum absolute atomic E-state index is 0. The zero-order valence-electron chi connectivity index (χ0n) is 13.9. The van der Waals surface area contributed by atoms with Gasteiger partial charge in [-0.05, 0) is 48.9 Å². The highest BCUT2D eigenvalue weighted by Gasteiger charge is 2.27. The quantitative estimate of drug-likeness (QED) is 0.709. The van der Waals surface area contributed by atoms with E-state index in [-0.39, 0.29) is 8.76 Å². The number of nitrogens with one attached hydrogen (secondary N) is 2. The van der Waals surface area contributed by atoms with E-state index in [1.54, 1.807) is 6.20 Å². The van der Waals surface area contributed by atoms with Crippen LogP contribution in [0.1, 0.15) is 39.5 Å². The van der Waals surface area contributed by atoms with Gasteiger partial charge in [0.05, 0.1) is 0 Å². The Morgan fingerprint density at radius 3 is 3.04 bits per heavy atom. The number of fused-ring (bicyclic) bond motifs is 1. The lowest BCUT2D eigenvalue weighted by Crippen LogP contribution is -2.33. The molecule has 3 aromatic rings. The van der Waals surface area contributed by atoms with E-state index in [0.717, 1.165) is 41.7 Å². The van der Waals surface area contributed by atoms with Gasteiger partial charge in [0, 0.05) is 45.5 Å². The van der Waals surface area contributed by atoms with Crippen LogP contribution >= 0.6 is 0 Å². The van der Waals surface area contributed by atoms with Crippen molar-refractivity contribution in [1.29, 1.82) is 0 Å². The number of hydrogen-bond donors (Lipinski definition) is 2. The van der Waals surface area contributed by atoms with E-state index in [9.17, 15) is 4.79 Å². The van der Waals surface area contributed by atoms with Crippen molar-refractivity contribution >= 4 is 16.9 Å². The van der Waals surface area contributed by atoms with Gasteiger partial charge in [0.2, 0.25) is 0 Å². The predicted molar refractivity (Wildman–Crippen MR) is 99.0 cm³/mol. The average molecular weight is 326 g/mol. The summed E-state index contributed by atoms with van der Waals surface area (Å²) in [7, 11) is 0. The van der Waals surface area contributed by atoms with Gasteiger partial charge in [0.25, 0.3) is 5.91 Å². The van der Waals surface area contributed by atoms with Crippen LogP contribution in [0.5, 0.6) is 0 Å². The third-order valence-corrected chi connectivity index (χ3v) is 4.64. The topological polar surface area (TPSA) is 64.8 Å². The molecule has 0 atom stereocenters. The standard InChI is InChI=1S/C19H22N4O.2H2/c1-2-9-23(12-13-3-4-13)19(24)17-10-14(11-22-17)15-5-7-20-18-16(15)6-8-21-18;;/h5-8,10-11,13,22H,2-4,9,12H2,1H3,(H,20,21);2*1H. The third kappa shape index (κ3) is 2.82. The first-order valence-corrected chi connectivity index (χ1v) is 8.66. The van der Waals surface area contributed by atoms with Crippen LogP contribution in [0, 0.1) is 5.92 Å². The summed E-state index contributed by atoms with van der Waals surface area (Å²) in [6.07, 6.45) is 9.09. The van der Waals surface area contributed by atoms with Gasteiger partial charge in [0.1, 0.15) is 11.3 Å². The summed E-state index contributed by atoms with van der Waals surface area (Å²) in [5, 5.41) is 1.07. The second-order valence-electron chi connectivity index (χ2n) is 6.60. The Labute approximate surface area is 144 Å². The molecule has 1 fully saturated rings. The Hall–Kier alpha value is -2.56. The molecule has 128 valence electrons. The molecule has 1 aliphatic rings. The Kier molecular flexibility index (Phi) is 3.84. The van der Waals surface area contributed by atoms with E-state index in [0.29, 0.717) is 11.6 Å². The Morgan fingerprint density at radius 2 is 2.25 bits per heavy atom. The monoisotopic (exact) mass is 326 g/mol. The van der Waals surface area contributed by atoms with Crippen LogP contribution in [0.15, 0.2) is 36.8 Å². The van der Waals surface area contributed by atoms with Gasteiger partial charge >= 0.3 is 0 Å². The lowest BCUT2D eigenvalue weighted by molar-refractivity contribution is 0.0742. The molecule has 4 rings (SSSR count). The smallest absolute Gasteiger partial charge is 0.270 e. The predicted octanol–water partition coefficient (Wildman–Crippen LogP) is 4.31. The van der Waals surface area contributed by atoms with Gasteiger partial charge in [-0.2, -0.15) is 0 Å². The first-order valence-electron chi connectivity index (χ1n) is 8.66. The van der Waals surface area contributed by atoms with E-state index in [4.69, 9.17) is 0 Å². The Bertz CT molecular complexity index is 869. The summed E-state index contributed by atoms with van der Waals surface area (Å²) in [4.78, 5) is 25.4. The highest BCUT2D eigenvalue weighted by molar-refractivity contribution is 5.97. The summed E-state index contributed by atoms with van der Waals surface area (Å²) in [5.74, 6) is 0.809. The largest absolute Gasteiger partial charge is 0.357 e. The molecule has 0 spiro atoms. The number of nitrogens with zero attached hydrogens (tertiary/aromatic N) is 2. The van der Waals surface area contributed by atoms with Crippen molar-refractivity contribution < 1.29 is 7.65 Å². The van der Waals surface area contributed by atoms with Crippen molar-refractivity contribution in [3.8, 4) is 11.1 Å². The van der Waals surface area contributed by atoms with Crippen LogP contribution in [0.3, 0.4) is 0 Å². The van der Waals surface area contributed by atoms with E-state index in [2.05, 4.69) is 21.9 Å². The van der Waals surface area contributed by atoms with Crippen molar-refractivity contribution in [2.24, 2.45) is 5.92 Å². The van der Waals surface area contributed by atoms with Gasteiger partial charge in [-0.25, -0.2) is 4.98 Å². The van der Waals surface area contributed by atoms with Gasteiger partial charge in [-0.15, -0.1) is 0 Å². The summed E-state index contributed by atoms with van der Waals surface area (Å²) >= 11 is 0.